The van der Waals surface area contributed by atoms with E-state index in [4.69, 9.17) is 15.2 Å². The van der Waals surface area contributed by atoms with E-state index in [1.807, 2.05) is 18.2 Å². The zero-order valence-electron chi connectivity index (χ0n) is 11.7. The van der Waals surface area contributed by atoms with E-state index in [0.717, 1.165) is 48.1 Å². The highest BCUT2D eigenvalue weighted by molar-refractivity contribution is 5.61. The highest BCUT2D eigenvalue weighted by Gasteiger charge is 2.21. The number of aryl methyl sites for hydroxylation is 1. The number of hydrogen-bond donors (Lipinski definition) is 1. The summed E-state index contributed by atoms with van der Waals surface area (Å²) in [4.78, 5) is 0. The molecule has 1 unspecified atom stereocenters. The van der Waals surface area contributed by atoms with Crippen LogP contribution in [-0.2, 0) is 13.0 Å². The van der Waals surface area contributed by atoms with Crippen molar-refractivity contribution in [3.63, 3.8) is 0 Å². The van der Waals surface area contributed by atoms with Crippen LogP contribution in [0.25, 0.3) is 11.4 Å². The summed E-state index contributed by atoms with van der Waals surface area (Å²) in [7, 11) is 3.27. The number of nitrogens with zero attached hydrogens (tertiary/aromatic N) is 3. The van der Waals surface area contributed by atoms with E-state index in [-0.39, 0.29) is 6.04 Å². The lowest BCUT2D eigenvalue weighted by molar-refractivity contribution is 0.394. The Morgan fingerprint density at radius 3 is 2.50 bits per heavy atom. The highest BCUT2D eigenvalue weighted by Crippen LogP contribution is 2.30. The van der Waals surface area contributed by atoms with Crippen LogP contribution >= 0.6 is 0 Å². The van der Waals surface area contributed by atoms with Crippen LogP contribution in [0.1, 0.15) is 12.2 Å². The number of fused-ring (bicyclic) bond motifs is 1. The lowest BCUT2D eigenvalue weighted by atomic mass is 10.1. The molecule has 0 saturated heterocycles. The highest BCUT2D eigenvalue weighted by atomic mass is 16.5. The minimum atomic E-state index is 0.157. The van der Waals surface area contributed by atoms with Gasteiger partial charge in [0.05, 0.1) is 14.2 Å². The number of ether oxygens (including phenoxy) is 2. The predicted molar refractivity (Wildman–Crippen MR) is 74.9 cm³/mol. The van der Waals surface area contributed by atoms with Crippen molar-refractivity contribution in [3.8, 4) is 22.9 Å². The van der Waals surface area contributed by atoms with Crippen molar-refractivity contribution in [3.05, 3.63) is 24.0 Å². The van der Waals surface area contributed by atoms with Crippen LogP contribution in [0.15, 0.2) is 18.2 Å². The third-order valence-corrected chi connectivity index (χ3v) is 3.59. The molecule has 1 aromatic heterocycles. The zero-order chi connectivity index (χ0) is 14.1. The molecule has 0 aliphatic carbocycles. The van der Waals surface area contributed by atoms with E-state index in [1.165, 1.54) is 0 Å². The van der Waals surface area contributed by atoms with Crippen molar-refractivity contribution in [1.82, 2.24) is 14.8 Å². The molecule has 0 bridgehead atoms. The van der Waals surface area contributed by atoms with Gasteiger partial charge in [-0.3, -0.25) is 0 Å². The number of aromatic nitrogens is 3. The van der Waals surface area contributed by atoms with Crippen LogP contribution in [0.3, 0.4) is 0 Å². The van der Waals surface area contributed by atoms with E-state index < -0.39 is 0 Å². The molecule has 0 amide bonds. The van der Waals surface area contributed by atoms with Gasteiger partial charge in [-0.05, 0) is 18.6 Å². The Kier molecular flexibility index (Phi) is 3.31. The molecule has 1 aromatic carbocycles. The van der Waals surface area contributed by atoms with E-state index in [2.05, 4.69) is 14.8 Å². The fraction of sp³-hybridized carbons (Fsp3) is 0.429. The third-order valence-electron chi connectivity index (χ3n) is 3.59. The van der Waals surface area contributed by atoms with Gasteiger partial charge in [0.25, 0.3) is 0 Å². The van der Waals surface area contributed by atoms with Gasteiger partial charge in [0.2, 0.25) is 0 Å². The van der Waals surface area contributed by atoms with Crippen molar-refractivity contribution in [2.45, 2.75) is 25.4 Å². The molecule has 6 nitrogen and oxygen atoms in total. The molecular weight excluding hydrogens is 256 g/mol. The first-order chi connectivity index (χ1) is 9.71. The summed E-state index contributed by atoms with van der Waals surface area (Å²) in [5, 5.41) is 8.55. The molecular formula is C14H18N4O2. The van der Waals surface area contributed by atoms with Gasteiger partial charge >= 0.3 is 0 Å². The van der Waals surface area contributed by atoms with Crippen molar-refractivity contribution in [1.29, 1.82) is 0 Å². The summed E-state index contributed by atoms with van der Waals surface area (Å²) in [6.45, 7) is 0.747. The first-order valence-electron chi connectivity index (χ1n) is 6.62. The number of rotatable bonds is 3. The molecule has 2 aromatic rings. The number of nitrogens with two attached hydrogens (primary N) is 1. The molecule has 0 spiro atoms. The molecule has 2 N–H and O–H groups in total. The normalized spacial score (nSPS) is 17.6. The molecule has 6 heteroatoms. The fourth-order valence-corrected chi connectivity index (χ4v) is 2.50. The van der Waals surface area contributed by atoms with Crippen molar-refractivity contribution < 1.29 is 9.47 Å². The van der Waals surface area contributed by atoms with Gasteiger partial charge < -0.3 is 19.8 Å². The Balaban J connectivity index is 2.07. The topological polar surface area (TPSA) is 75.2 Å². The lowest BCUT2D eigenvalue weighted by Gasteiger charge is -2.21. The Bertz CT molecular complexity index is 601. The maximum atomic E-state index is 6.04. The van der Waals surface area contributed by atoms with Gasteiger partial charge in [-0.15, -0.1) is 10.2 Å². The molecule has 1 atom stereocenters. The second-order valence-electron chi connectivity index (χ2n) is 4.95. The Labute approximate surface area is 117 Å². The summed E-state index contributed by atoms with van der Waals surface area (Å²) in [5.41, 5.74) is 6.97. The monoisotopic (exact) mass is 274 g/mol. The summed E-state index contributed by atoms with van der Waals surface area (Å²) in [6.07, 6.45) is 1.83. The average Bonchev–Trinajstić information content (AvgIpc) is 2.89. The Morgan fingerprint density at radius 2 is 1.85 bits per heavy atom. The summed E-state index contributed by atoms with van der Waals surface area (Å²) in [6, 6.07) is 5.85. The molecule has 20 heavy (non-hydrogen) atoms. The fourth-order valence-electron chi connectivity index (χ4n) is 2.50. The molecule has 1 aliphatic heterocycles. The number of benzene rings is 1. The van der Waals surface area contributed by atoms with Crippen LogP contribution in [0.5, 0.6) is 11.5 Å². The number of methoxy groups -OCH3 is 2. The quantitative estimate of drug-likeness (QED) is 0.911. The SMILES string of the molecule is COc1cc(OC)cc(-c2nnc3n2CC(N)CC3)c1. The van der Waals surface area contributed by atoms with Crippen LogP contribution in [0.4, 0.5) is 0 Å². The van der Waals surface area contributed by atoms with E-state index in [0.29, 0.717) is 0 Å². The molecule has 0 radical (unpaired) electrons. The van der Waals surface area contributed by atoms with Gasteiger partial charge in [0.1, 0.15) is 17.3 Å². The van der Waals surface area contributed by atoms with E-state index in [1.54, 1.807) is 14.2 Å². The third kappa shape index (κ3) is 2.22. The van der Waals surface area contributed by atoms with Crippen LogP contribution in [-0.4, -0.2) is 35.0 Å². The summed E-state index contributed by atoms with van der Waals surface area (Å²) >= 11 is 0. The first-order valence-corrected chi connectivity index (χ1v) is 6.62. The van der Waals surface area contributed by atoms with Crippen LogP contribution in [0.2, 0.25) is 0 Å². The Hall–Kier alpha value is -2.08. The molecule has 0 saturated carbocycles. The zero-order valence-corrected chi connectivity index (χ0v) is 11.7. The van der Waals surface area contributed by atoms with Crippen molar-refractivity contribution >= 4 is 0 Å². The summed E-state index contributed by atoms with van der Waals surface area (Å²) in [5.74, 6) is 3.27. The Morgan fingerprint density at radius 1 is 1.15 bits per heavy atom. The molecule has 2 heterocycles. The maximum Gasteiger partial charge on any atom is 0.164 e. The summed E-state index contributed by atoms with van der Waals surface area (Å²) < 4.78 is 12.7. The minimum absolute atomic E-state index is 0.157. The standard InChI is InChI=1S/C14H18N4O2/c1-19-11-5-9(6-12(7-11)20-2)14-17-16-13-4-3-10(15)8-18(13)14/h5-7,10H,3-4,8,15H2,1-2H3. The number of hydrogen-bond acceptors (Lipinski definition) is 5. The largest absolute Gasteiger partial charge is 0.497 e. The van der Waals surface area contributed by atoms with Crippen LogP contribution < -0.4 is 15.2 Å². The van der Waals surface area contributed by atoms with Gasteiger partial charge in [0.15, 0.2) is 5.82 Å². The molecule has 0 fully saturated rings. The van der Waals surface area contributed by atoms with Gasteiger partial charge in [0, 0.05) is 30.6 Å². The van der Waals surface area contributed by atoms with Crippen molar-refractivity contribution in [2.75, 3.05) is 14.2 Å². The van der Waals surface area contributed by atoms with Crippen LogP contribution in [0, 0.1) is 0 Å². The van der Waals surface area contributed by atoms with Gasteiger partial charge in [-0.25, -0.2) is 0 Å². The smallest absolute Gasteiger partial charge is 0.164 e. The van der Waals surface area contributed by atoms with Gasteiger partial charge in [-0.1, -0.05) is 0 Å². The van der Waals surface area contributed by atoms with Crippen molar-refractivity contribution in [2.24, 2.45) is 5.73 Å². The minimum Gasteiger partial charge on any atom is -0.497 e. The lowest BCUT2D eigenvalue weighted by Crippen LogP contribution is -2.32. The molecule has 106 valence electrons. The molecule has 3 rings (SSSR count). The van der Waals surface area contributed by atoms with E-state index >= 15 is 0 Å². The second kappa shape index (κ2) is 5.13. The van der Waals surface area contributed by atoms with E-state index in [9.17, 15) is 0 Å². The first kappa shape index (κ1) is 12.9. The second-order valence-corrected chi connectivity index (χ2v) is 4.95. The predicted octanol–water partition coefficient (Wildman–Crippen LogP) is 1.24. The molecule has 1 aliphatic rings. The maximum absolute atomic E-state index is 6.04. The average molecular weight is 274 g/mol. The van der Waals surface area contributed by atoms with Gasteiger partial charge in [-0.2, -0.15) is 0 Å².